The fraction of sp³-hybridized carbons (Fsp3) is 0.440. The molecule has 0 saturated carbocycles. The van der Waals surface area contributed by atoms with Gasteiger partial charge < -0.3 is 15.8 Å². The molecule has 3 N–H and O–H groups in total. The quantitative estimate of drug-likeness (QED) is 0.304. The van der Waals surface area contributed by atoms with E-state index >= 15 is 0 Å². The molecule has 0 fully saturated rings. The van der Waals surface area contributed by atoms with Crippen LogP contribution >= 0.6 is 34.7 Å². The van der Waals surface area contributed by atoms with Crippen LogP contribution in [-0.2, 0) is 14.3 Å². The van der Waals surface area contributed by atoms with Crippen LogP contribution < -0.4 is 11.1 Å². The van der Waals surface area contributed by atoms with Gasteiger partial charge in [0.1, 0.15) is 22.6 Å². The van der Waals surface area contributed by atoms with Crippen molar-refractivity contribution in [3.63, 3.8) is 0 Å². The Bertz CT molecular complexity index is 1120. The van der Waals surface area contributed by atoms with E-state index < -0.39 is 29.4 Å². The Morgan fingerprint density at radius 1 is 1.26 bits per heavy atom. The number of primary amides is 1. The summed E-state index contributed by atoms with van der Waals surface area (Å²) in [5, 5.41) is 13.5. The number of thiophene rings is 1. The predicted octanol–water partition coefficient (Wildman–Crippen LogP) is 5.54. The summed E-state index contributed by atoms with van der Waals surface area (Å²) in [4.78, 5) is 37.9. The first kappa shape index (κ1) is 28.7. The number of esters is 1. The number of nitriles is 1. The maximum Gasteiger partial charge on any atom is 0.329 e. The van der Waals surface area contributed by atoms with Crippen LogP contribution in [-0.4, -0.2) is 34.7 Å². The van der Waals surface area contributed by atoms with Crippen molar-refractivity contribution >= 4 is 52.5 Å². The third kappa shape index (κ3) is 8.27. The number of carbonyl (C=O) groups excluding carboxylic acids is 3. The van der Waals surface area contributed by atoms with Crippen LogP contribution in [0.25, 0.3) is 11.1 Å². The van der Waals surface area contributed by atoms with E-state index in [0.29, 0.717) is 26.6 Å². The second kappa shape index (κ2) is 12.4. The van der Waals surface area contributed by atoms with E-state index in [4.69, 9.17) is 22.1 Å². The van der Waals surface area contributed by atoms with Gasteiger partial charge in [0.25, 0.3) is 5.91 Å². The number of rotatable bonds is 10. The molecule has 0 aliphatic heterocycles. The third-order valence-corrected chi connectivity index (χ3v) is 7.81. The first-order valence-corrected chi connectivity index (χ1v) is 13.2. The molecule has 35 heavy (non-hydrogen) atoms. The lowest BCUT2D eigenvalue weighted by Crippen LogP contribution is -2.44. The Morgan fingerprint density at radius 3 is 2.40 bits per heavy atom. The Hall–Kier alpha value is -2.54. The molecule has 10 heteroatoms. The normalized spacial score (nSPS) is 12.9. The number of hydrogen-bond acceptors (Lipinski definition) is 7. The highest BCUT2D eigenvalue weighted by Gasteiger charge is 2.31. The zero-order valence-electron chi connectivity index (χ0n) is 20.4. The molecule has 0 bridgehead atoms. The van der Waals surface area contributed by atoms with Crippen LogP contribution in [0.3, 0.4) is 0 Å². The van der Waals surface area contributed by atoms with Crippen molar-refractivity contribution in [3.05, 3.63) is 39.7 Å². The van der Waals surface area contributed by atoms with Crippen LogP contribution in [0.2, 0.25) is 5.02 Å². The molecular formula is C25H30ClN3O4S2. The summed E-state index contributed by atoms with van der Waals surface area (Å²) in [6.07, 6.45) is 0.785. The Balaban J connectivity index is 2.52. The van der Waals surface area contributed by atoms with Crippen molar-refractivity contribution in [2.75, 3.05) is 0 Å². The molecule has 0 aliphatic carbocycles. The predicted molar refractivity (Wildman–Crippen MR) is 141 cm³/mol. The average molecular weight is 536 g/mol. The van der Waals surface area contributed by atoms with Crippen LogP contribution in [0.4, 0.5) is 0 Å². The highest BCUT2D eigenvalue weighted by atomic mass is 35.5. The summed E-state index contributed by atoms with van der Waals surface area (Å²) >= 11 is 8.78. The highest BCUT2D eigenvalue weighted by Crippen LogP contribution is 2.43. The first-order chi connectivity index (χ1) is 16.4. The lowest BCUT2D eigenvalue weighted by atomic mass is 10.0. The zero-order valence-corrected chi connectivity index (χ0v) is 22.8. The van der Waals surface area contributed by atoms with Crippen molar-refractivity contribution < 1.29 is 19.1 Å². The minimum atomic E-state index is -1.08. The van der Waals surface area contributed by atoms with Crippen molar-refractivity contribution in [2.24, 2.45) is 5.73 Å². The van der Waals surface area contributed by atoms with Gasteiger partial charge in [-0.05, 0) is 51.3 Å². The number of benzene rings is 1. The summed E-state index contributed by atoms with van der Waals surface area (Å²) in [7, 11) is 0. The van der Waals surface area contributed by atoms with Gasteiger partial charge in [-0.15, -0.1) is 23.1 Å². The van der Waals surface area contributed by atoms with Crippen LogP contribution in [0.5, 0.6) is 0 Å². The van der Waals surface area contributed by atoms with Gasteiger partial charge in [0.15, 0.2) is 0 Å². The largest absolute Gasteiger partial charge is 0.458 e. The SMILES string of the molecule is CCC(C)Sc1sc(C(=O)N[C@@H](CCC(N)=O)C(=O)OC(C)(C)C)c(-c2ccc(Cl)cc2)c1C#N. The van der Waals surface area contributed by atoms with Gasteiger partial charge in [-0.1, -0.05) is 37.6 Å². The van der Waals surface area contributed by atoms with E-state index in [1.807, 2.05) is 0 Å². The molecule has 0 saturated heterocycles. The number of nitrogens with zero attached hydrogens (tertiary/aromatic N) is 1. The number of hydrogen-bond donors (Lipinski definition) is 2. The van der Waals surface area contributed by atoms with E-state index in [1.54, 1.807) is 45.0 Å². The number of carbonyl (C=O) groups is 3. The van der Waals surface area contributed by atoms with Crippen LogP contribution in [0.1, 0.15) is 69.1 Å². The molecular weight excluding hydrogens is 506 g/mol. The topological polar surface area (TPSA) is 122 Å². The molecule has 188 valence electrons. The number of amides is 2. The average Bonchev–Trinajstić information content (AvgIpc) is 3.13. The molecule has 0 spiro atoms. The van der Waals surface area contributed by atoms with Gasteiger partial charge in [-0.25, -0.2) is 4.79 Å². The summed E-state index contributed by atoms with van der Waals surface area (Å²) < 4.78 is 6.17. The number of halogens is 1. The van der Waals surface area contributed by atoms with Gasteiger partial charge in [0.05, 0.1) is 9.77 Å². The van der Waals surface area contributed by atoms with Crippen LogP contribution in [0.15, 0.2) is 28.5 Å². The molecule has 1 heterocycles. The molecule has 7 nitrogen and oxygen atoms in total. The third-order valence-electron chi connectivity index (χ3n) is 4.89. The molecule has 2 amide bonds. The second-order valence-corrected chi connectivity index (χ2v) is 12.2. The zero-order chi connectivity index (χ0) is 26.3. The molecule has 2 atom stereocenters. The molecule has 0 aliphatic rings. The monoisotopic (exact) mass is 535 g/mol. The summed E-state index contributed by atoms with van der Waals surface area (Å²) in [6.45, 7) is 9.25. The lowest BCUT2D eigenvalue weighted by molar-refractivity contribution is -0.157. The van der Waals surface area contributed by atoms with Crippen molar-refractivity contribution in [1.29, 1.82) is 5.26 Å². The van der Waals surface area contributed by atoms with Crippen LogP contribution in [0, 0.1) is 11.3 Å². The Morgan fingerprint density at radius 2 is 1.89 bits per heavy atom. The highest BCUT2D eigenvalue weighted by molar-refractivity contribution is 8.01. The minimum absolute atomic E-state index is 0.00275. The van der Waals surface area contributed by atoms with E-state index in [2.05, 4.69) is 25.2 Å². The molecule has 0 radical (unpaired) electrons. The first-order valence-electron chi connectivity index (χ1n) is 11.2. The van der Waals surface area contributed by atoms with Crippen molar-refractivity contribution in [3.8, 4) is 17.2 Å². The van der Waals surface area contributed by atoms with Gasteiger partial charge in [0.2, 0.25) is 5.91 Å². The van der Waals surface area contributed by atoms with E-state index in [9.17, 15) is 19.6 Å². The molecule has 1 aromatic carbocycles. The minimum Gasteiger partial charge on any atom is -0.458 e. The van der Waals surface area contributed by atoms with E-state index in [1.165, 1.54) is 23.1 Å². The molecule has 2 rings (SSSR count). The molecule has 2 aromatic rings. The van der Waals surface area contributed by atoms with E-state index in [-0.39, 0.29) is 18.1 Å². The molecule has 1 unspecified atom stereocenters. The number of nitrogens with one attached hydrogen (secondary N) is 1. The smallest absolute Gasteiger partial charge is 0.329 e. The summed E-state index contributed by atoms with van der Waals surface area (Å²) in [5.74, 6) is -1.79. The second-order valence-electron chi connectivity index (χ2n) is 8.99. The molecule has 1 aromatic heterocycles. The number of ether oxygens (including phenoxy) is 1. The Labute approximate surface area is 219 Å². The summed E-state index contributed by atoms with van der Waals surface area (Å²) in [5.41, 5.74) is 6.04. The number of nitrogens with two attached hydrogens (primary N) is 1. The number of thioether (sulfide) groups is 1. The maximum absolute atomic E-state index is 13.5. The van der Waals surface area contributed by atoms with Gasteiger partial charge >= 0.3 is 5.97 Å². The van der Waals surface area contributed by atoms with Crippen molar-refractivity contribution in [2.45, 2.75) is 75.0 Å². The van der Waals surface area contributed by atoms with E-state index in [0.717, 1.165) is 10.6 Å². The Kier molecular flexibility index (Phi) is 10.2. The fourth-order valence-electron chi connectivity index (χ4n) is 3.05. The van der Waals surface area contributed by atoms with Crippen molar-refractivity contribution in [1.82, 2.24) is 5.32 Å². The van der Waals surface area contributed by atoms with Gasteiger partial charge in [0, 0.05) is 22.3 Å². The maximum atomic E-state index is 13.5. The van der Waals surface area contributed by atoms with Gasteiger partial charge in [-0.3, -0.25) is 9.59 Å². The van der Waals surface area contributed by atoms with Gasteiger partial charge in [-0.2, -0.15) is 5.26 Å². The standard InChI is InChI=1S/C25H30ClN3O4S2/c1-6-14(2)34-24-17(13-27)20(15-7-9-16(26)10-8-15)21(35-24)22(31)29-18(11-12-19(28)30)23(32)33-25(3,4)5/h7-10,14,18H,6,11-12H2,1-5H3,(H2,28,30)(H,29,31)/t14?,18-/m0/s1. The lowest BCUT2D eigenvalue weighted by Gasteiger charge is -2.24. The summed E-state index contributed by atoms with van der Waals surface area (Å²) in [6, 6.07) is 8.05. The fourth-order valence-corrected chi connectivity index (χ4v) is 5.81.